The van der Waals surface area contributed by atoms with E-state index in [1.54, 1.807) is 31.4 Å². The zero-order valence-electron chi connectivity index (χ0n) is 13.5. The van der Waals surface area contributed by atoms with Gasteiger partial charge in [-0.3, -0.25) is 9.69 Å². The molecular weight excluding hydrogens is 521 g/mol. The fourth-order valence-corrected chi connectivity index (χ4v) is 4.74. The zero-order chi connectivity index (χ0) is 18.2. The summed E-state index contributed by atoms with van der Waals surface area (Å²) in [5, 5.41) is 7.74. The number of nitrogens with zero attached hydrogens (tertiary/aromatic N) is 3. The molecule has 1 aliphatic heterocycles. The van der Waals surface area contributed by atoms with Crippen molar-refractivity contribution in [1.82, 2.24) is 20.2 Å². The summed E-state index contributed by atoms with van der Waals surface area (Å²) >= 11 is 7.36. The zero-order valence-corrected chi connectivity index (χ0v) is 18.0. The SMILES string of the molecule is CC1(C)NC(=O)N(CCNc2ncc(Br)c(-c3sccc3I)n2)C1=O. The van der Waals surface area contributed by atoms with E-state index in [0.29, 0.717) is 12.5 Å². The third-order valence-electron chi connectivity index (χ3n) is 3.64. The van der Waals surface area contributed by atoms with E-state index in [-0.39, 0.29) is 18.5 Å². The third kappa shape index (κ3) is 3.80. The maximum absolute atomic E-state index is 12.1. The molecule has 1 aliphatic rings. The molecule has 2 N–H and O–H groups in total. The number of rotatable bonds is 5. The van der Waals surface area contributed by atoms with Crippen LogP contribution in [0.3, 0.4) is 0 Å². The van der Waals surface area contributed by atoms with Gasteiger partial charge in [-0.1, -0.05) is 0 Å². The summed E-state index contributed by atoms with van der Waals surface area (Å²) in [5.74, 6) is 0.221. The lowest BCUT2D eigenvalue weighted by Crippen LogP contribution is -2.40. The molecule has 3 rings (SSSR count). The molecule has 7 nitrogen and oxygen atoms in total. The number of halogens is 2. The van der Waals surface area contributed by atoms with Crippen LogP contribution in [0.1, 0.15) is 13.8 Å². The third-order valence-corrected chi connectivity index (χ3v) is 6.41. The molecule has 10 heteroatoms. The lowest BCUT2D eigenvalue weighted by Gasteiger charge is -2.16. The Balaban J connectivity index is 1.68. The first kappa shape index (κ1) is 18.5. The molecule has 0 aliphatic carbocycles. The molecule has 1 saturated heterocycles. The maximum atomic E-state index is 12.1. The van der Waals surface area contributed by atoms with Crippen molar-refractivity contribution in [2.24, 2.45) is 0 Å². The van der Waals surface area contributed by atoms with Gasteiger partial charge < -0.3 is 10.6 Å². The van der Waals surface area contributed by atoms with Crippen molar-refractivity contribution in [3.05, 3.63) is 25.7 Å². The molecule has 0 radical (unpaired) electrons. The lowest BCUT2D eigenvalue weighted by molar-refractivity contribution is -0.130. The fourth-order valence-electron chi connectivity index (χ4n) is 2.37. The van der Waals surface area contributed by atoms with E-state index in [4.69, 9.17) is 0 Å². The number of anilines is 1. The predicted molar refractivity (Wildman–Crippen MR) is 109 cm³/mol. The standard InChI is InChI=1S/C15H15BrIN5O2S/c1-15(2)12(23)22(14(24)21-15)5-4-18-13-19-7-8(16)10(20-13)11-9(17)3-6-25-11/h3,6-7H,4-5H2,1-2H3,(H,21,24)(H,18,19,20). The second kappa shape index (κ2) is 7.16. The summed E-state index contributed by atoms with van der Waals surface area (Å²) in [6, 6.07) is 1.66. The molecule has 132 valence electrons. The van der Waals surface area contributed by atoms with Crippen molar-refractivity contribution >= 4 is 67.7 Å². The summed E-state index contributed by atoms with van der Waals surface area (Å²) in [4.78, 5) is 35.1. The quantitative estimate of drug-likeness (QED) is 0.453. The van der Waals surface area contributed by atoms with Crippen molar-refractivity contribution in [2.75, 3.05) is 18.4 Å². The first-order chi connectivity index (χ1) is 11.8. The van der Waals surface area contributed by atoms with Gasteiger partial charge in [-0.25, -0.2) is 14.8 Å². The van der Waals surface area contributed by atoms with Crippen LogP contribution in [0.5, 0.6) is 0 Å². The first-order valence-corrected chi connectivity index (χ1v) is 10.2. The number of imide groups is 1. The Morgan fingerprint density at radius 2 is 2.20 bits per heavy atom. The Hall–Kier alpha value is -1.27. The summed E-state index contributed by atoms with van der Waals surface area (Å²) in [7, 11) is 0. The van der Waals surface area contributed by atoms with Crippen molar-refractivity contribution < 1.29 is 9.59 Å². The van der Waals surface area contributed by atoms with E-state index in [9.17, 15) is 9.59 Å². The Morgan fingerprint density at radius 1 is 1.44 bits per heavy atom. The van der Waals surface area contributed by atoms with Crippen molar-refractivity contribution in [1.29, 1.82) is 0 Å². The summed E-state index contributed by atoms with van der Waals surface area (Å²) in [6.07, 6.45) is 1.69. The van der Waals surface area contributed by atoms with Crippen LogP contribution in [0, 0.1) is 3.57 Å². The number of carbonyl (C=O) groups excluding carboxylic acids is 2. The number of hydrogen-bond donors (Lipinski definition) is 2. The molecule has 0 aromatic carbocycles. The maximum Gasteiger partial charge on any atom is 0.325 e. The molecule has 0 bridgehead atoms. The molecule has 0 atom stereocenters. The highest BCUT2D eigenvalue weighted by atomic mass is 127. The Bertz CT molecular complexity index is 841. The van der Waals surface area contributed by atoms with E-state index in [1.165, 1.54) is 4.90 Å². The fraction of sp³-hybridized carbons (Fsp3) is 0.333. The average Bonchev–Trinajstić information content (AvgIpc) is 3.05. The van der Waals surface area contributed by atoms with Crippen LogP contribution in [0.2, 0.25) is 0 Å². The van der Waals surface area contributed by atoms with Crippen LogP contribution in [-0.2, 0) is 4.79 Å². The number of nitrogens with one attached hydrogen (secondary N) is 2. The van der Waals surface area contributed by atoms with Crippen LogP contribution >= 0.6 is 49.9 Å². The molecule has 2 aromatic rings. The van der Waals surface area contributed by atoms with Gasteiger partial charge in [-0.15, -0.1) is 11.3 Å². The molecule has 0 spiro atoms. The number of carbonyl (C=O) groups is 2. The van der Waals surface area contributed by atoms with Crippen LogP contribution < -0.4 is 10.6 Å². The van der Waals surface area contributed by atoms with Gasteiger partial charge >= 0.3 is 6.03 Å². The first-order valence-electron chi connectivity index (χ1n) is 7.43. The van der Waals surface area contributed by atoms with Crippen molar-refractivity contribution in [3.8, 4) is 10.6 Å². The van der Waals surface area contributed by atoms with Gasteiger partial charge in [-0.2, -0.15) is 0 Å². The van der Waals surface area contributed by atoms with Gasteiger partial charge in [0.15, 0.2) is 0 Å². The lowest BCUT2D eigenvalue weighted by atomic mass is 10.1. The molecule has 3 amide bonds. The van der Waals surface area contributed by atoms with Gasteiger partial charge in [-0.05, 0) is 63.8 Å². The minimum atomic E-state index is -0.853. The number of amides is 3. The van der Waals surface area contributed by atoms with Gasteiger partial charge in [0.1, 0.15) is 11.2 Å². The smallest absolute Gasteiger partial charge is 0.325 e. The monoisotopic (exact) mass is 535 g/mol. The molecule has 25 heavy (non-hydrogen) atoms. The summed E-state index contributed by atoms with van der Waals surface area (Å²) in [5.41, 5.74) is -0.0400. The Kier molecular flexibility index (Phi) is 5.30. The number of thiophene rings is 1. The van der Waals surface area contributed by atoms with Crippen LogP contribution in [0.4, 0.5) is 10.7 Å². The second-order valence-corrected chi connectivity index (χ2v) is 8.86. The van der Waals surface area contributed by atoms with Crippen LogP contribution in [-0.4, -0.2) is 45.4 Å². The minimum absolute atomic E-state index is 0.232. The Morgan fingerprint density at radius 3 is 2.80 bits per heavy atom. The summed E-state index contributed by atoms with van der Waals surface area (Å²) < 4.78 is 1.93. The van der Waals surface area contributed by atoms with Gasteiger partial charge in [0.05, 0.1) is 9.35 Å². The van der Waals surface area contributed by atoms with E-state index >= 15 is 0 Å². The highest BCUT2D eigenvalue weighted by Crippen LogP contribution is 2.34. The molecule has 1 fully saturated rings. The van der Waals surface area contributed by atoms with Gasteiger partial charge in [0, 0.05) is 22.9 Å². The Labute approximate surface area is 170 Å². The van der Waals surface area contributed by atoms with Crippen molar-refractivity contribution in [2.45, 2.75) is 19.4 Å². The normalized spacial score (nSPS) is 16.2. The van der Waals surface area contributed by atoms with Crippen LogP contribution in [0.15, 0.2) is 22.1 Å². The molecular formula is C15H15BrIN5O2S. The van der Waals surface area contributed by atoms with E-state index in [0.717, 1.165) is 18.6 Å². The highest BCUT2D eigenvalue weighted by molar-refractivity contribution is 14.1. The number of hydrogen-bond acceptors (Lipinski definition) is 6. The predicted octanol–water partition coefficient (Wildman–Crippen LogP) is 3.31. The van der Waals surface area contributed by atoms with E-state index < -0.39 is 5.54 Å². The molecule has 3 heterocycles. The second-order valence-electron chi connectivity index (χ2n) is 5.93. The summed E-state index contributed by atoms with van der Waals surface area (Å²) in [6.45, 7) is 4.00. The molecule has 0 unspecified atom stereocenters. The van der Waals surface area contributed by atoms with Gasteiger partial charge in [0.25, 0.3) is 5.91 Å². The topological polar surface area (TPSA) is 87.2 Å². The van der Waals surface area contributed by atoms with Crippen molar-refractivity contribution in [3.63, 3.8) is 0 Å². The number of aromatic nitrogens is 2. The largest absolute Gasteiger partial charge is 0.352 e. The average molecular weight is 536 g/mol. The van der Waals surface area contributed by atoms with Gasteiger partial charge in [0.2, 0.25) is 5.95 Å². The van der Waals surface area contributed by atoms with Crippen LogP contribution in [0.25, 0.3) is 10.6 Å². The van der Waals surface area contributed by atoms with E-state index in [1.807, 2.05) is 11.4 Å². The molecule has 2 aromatic heterocycles. The number of urea groups is 1. The minimum Gasteiger partial charge on any atom is -0.352 e. The highest BCUT2D eigenvalue weighted by Gasteiger charge is 2.43. The van der Waals surface area contributed by atoms with E-state index in [2.05, 4.69) is 59.1 Å². The molecule has 0 saturated carbocycles.